The number of ether oxygens (including phenoxy) is 4. The van der Waals surface area contributed by atoms with Gasteiger partial charge in [0.05, 0.1) is 26.3 Å². The summed E-state index contributed by atoms with van der Waals surface area (Å²) in [7, 11) is 3.19. The first-order valence-corrected chi connectivity index (χ1v) is 10.6. The van der Waals surface area contributed by atoms with E-state index in [1.807, 2.05) is 44.2 Å². The molecule has 0 fully saturated rings. The molecule has 3 aromatic rings. The minimum absolute atomic E-state index is 0.00864. The number of rotatable bonds is 8. The van der Waals surface area contributed by atoms with Gasteiger partial charge >= 0.3 is 6.03 Å². The Morgan fingerprint density at radius 2 is 1.88 bits per heavy atom. The van der Waals surface area contributed by atoms with Gasteiger partial charge in [0.25, 0.3) is 0 Å². The van der Waals surface area contributed by atoms with E-state index in [4.69, 9.17) is 23.5 Å². The molecular weight excluding hydrogens is 426 g/mol. The zero-order chi connectivity index (χ0) is 23.4. The van der Waals surface area contributed by atoms with Crippen molar-refractivity contribution < 1.29 is 28.3 Å². The molecule has 1 aliphatic rings. The van der Waals surface area contributed by atoms with Crippen LogP contribution in [-0.4, -0.2) is 43.1 Å². The predicted molar refractivity (Wildman–Crippen MR) is 121 cm³/mol. The molecule has 4 rings (SSSR count). The van der Waals surface area contributed by atoms with Gasteiger partial charge in [0, 0.05) is 18.7 Å². The number of nitrogens with one attached hydrogen (secondary N) is 1. The Labute approximate surface area is 192 Å². The molecule has 2 aromatic carbocycles. The van der Waals surface area contributed by atoms with E-state index >= 15 is 0 Å². The number of aromatic nitrogens is 1. The summed E-state index contributed by atoms with van der Waals surface area (Å²) in [6, 6.07) is 12.7. The summed E-state index contributed by atoms with van der Waals surface area (Å²) >= 11 is 0. The van der Waals surface area contributed by atoms with Crippen molar-refractivity contribution in [3.05, 3.63) is 53.7 Å². The van der Waals surface area contributed by atoms with Gasteiger partial charge < -0.3 is 33.7 Å². The molecule has 0 spiro atoms. The van der Waals surface area contributed by atoms with E-state index in [2.05, 4.69) is 10.5 Å². The van der Waals surface area contributed by atoms with Crippen molar-refractivity contribution in [2.75, 3.05) is 21.0 Å². The van der Waals surface area contributed by atoms with E-state index in [-0.39, 0.29) is 25.4 Å². The maximum absolute atomic E-state index is 12.9. The van der Waals surface area contributed by atoms with Crippen molar-refractivity contribution in [1.29, 1.82) is 0 Å². The molecule has 0 aliphatic carbocycles. The van der Waals surface area contributed by atoms with E-state index in [9.17, 15) is 4.79 Å². The lowest BCUT2D eigenvalue weighted by Crippen LogP contribution is -2.42. The number of hydrogen-bond donors (Lipinski definition) is 1. The Morgan fingerprint density at radius 1 is 1.06 bits per heavy atom. The highest BCUT2D eigenvalue weighted by atomic mass is 16.7. The number of nitrogens with zero attached hydrogens (tertiary/aromatic N) is 2. The topological polar surface area (TPSA) is 95.3 Å². The van der Waals surface area contributed by atoms with Gasteiger partial charge in [-0.15, -0.1) is 0 Å². The van der Waals surface area contributed by atoms with Crippen LogP contribution in [0.4, 0.5) is 4.79 Å². The fourth-order valence-corrected chi connectivity index (χ4v) is 3.51. The normalized spacial score (nSPS) is 12.0. The largest absolute Gasteiger partial charge is 0.497 e. The van der Waals surface area contributed by atoms with Gasteiger partial charge in [-0.25, -0.2) is 4.79 Å². The first-order valence-electron chi connectivity index (χ1n) is 10.6. The third kappa shape index (κ3) is 5.14. The minimum Gasteiger partial charge on any atom is -0.497 e. The lowest BCUT2D eigenvalue weighted by molar-refractivity contribution is 0.173. The highest BCUT2D eigenvalue weighted by molar-refractivity contribution is 5.74. The van der Waals surface area contributed by atoms with Crippen LogP contribution in [0.1, 0.15) is 25.1 Å². The molecule has 1 aliphatic heterocycles. The fourth-order valence-electron chi connectivity index (χ4n) is 3.51. The summed E-state index contributed by atoms with van der Waals surface area (Å²) in [6.07, 6.45) is 0. The van der Waals surface area contributed by atoms with E-state index in [1.165, 1.54) is 0 Å². The van der Waals surface area contributed by atoms with Gasteiger partial charge in [-0.05, 0) is 49.7 Å². The van der Waals surface area contributed by atoms with Crippen LogP contribution in [0.15, 0.2) is 47.0 Å². The first kappa shape index (κ1) is 22.3. The molecule has 1 aromatic heterocycles. The maximum atomic E-state index is 12.9. The molecular formula is C24H27N3O6. The average molecular weight is 453 g/mol. The molecule has 174 valence electrons. The Kier molecular flexibility index (Phi) is 6.58. The average Bonchev–Trinajstić information content (AvgIpc) is 3.47. The highest BCUT2D eigenvalue weighted by Crippen LogP contribution is 2.35. The van der Waals surface area contributed by atoms with Crippen LogP contribution in [0.2, 0.25) is 0 Å². The lowest BCUT2D eigenvalue weighted by atomic mass is 10.1. The van der Waals surface area contributed by atoms with Crippen molar-refractivity contribution in [2.24, 2.45) is 0 Å². The smallest absolute Gasteiger partial charge is 0.318 e. The number of benzene rings is 2. The molecule has 2 heterocycles. The number of carbonyl (C=O) groups excluding carboxylic acids is 1. The molecule has 0 atom stereocenters. The lowest BCUT2D eigenvalue weighted by Gasteiger charge is -2.23. The van der Waals surface area contributed by atoms with Crippen molar-refractivity contribution in [3.8, 4) is 34.3 Å². The minimum atomic E-state index is -0.203. The van der Waals surface area contributed by atoms with Crippen LogP contribution < -0.4 is 24.3 Å². The summed E-state index contributed by atoms with van der Waals surface area (Å²) in [5.41, 5.74) is 2.23. The van der Waals surface area contributed by atoms with Crippen molar-refractivity contribution in [1.82, 2.24) is 15.4 Å². The predicted octanol–water partition coefficient (Wildman–Crippen LogP) is 4.21. The summed E-state index contributed by atoms with van der Waals surface area (Å²) in [5, 5.41) is 7.13. The Morgan fingerprint density at radius 3 is 2.64 bits per heavy atom. The summed E-state index contributed by atoms with van der Waals surface area (Å²) in [5.74, 6) is 3.20. The second-order valence-corrected chi connectivity index (χ2v) is 7.90. The maximum Gasteiger partial charge on any atom is 0.318 e. The van der Waals surface area contributed by atoms with Gasteiger partial charge in [0.1, 0.15) is 17.2 Å². The van der Waals surface area contributed by atoms with Crippen molar-refractivity contribution >= 4 is 6.03 Å². The molecule has 0 saturated carbocycles. The molecule has 0 saturated heterocycles. The Balaban J connectivity index is 1.57. The van der Waals surface area contributed by atoms with Gasteiger partial charge in [-0.3, -0.25) is 0 Å². The zero-order valence-electron chi connectivity index (χ0n) is 19.1. The number of fused-ring (bicyclic) bond motifs is 1. The third-order valence-corrected chi connectivity index (χ3v) is 5.09. The molecule has 9 heteroatoms. The van der Waals surface area contributed by atoms with E-state index in [1.54, 1.807) is 31.3 Å². The van der Waals surface area contributed by atoms with Crippen LogP contribution in [0, 0.1) is 0 Å². The Hall–Kier alpha value is -3.88. The first-order chi connectivity index (χ1) is 16.0. The van der Waals surface area contributed by atoms with E-state index < -0.39 is 0 Å². The number of amides is 2. The van der Waals surface area contributed by atoms with Gasteiger partial charge in [0.2, 0.25) is 6.79 Å². The molecule has 0 unspecified atom stereocenters. The van der Waals surface area contributed by atoms with E-state index in [0.29, 0.717) is 46.6 Å². The standard InChI is InChI=1S/C24H27N3O6/c1-15(2)25-24(28)27(12-16-5-7-21-23(9-16)32-14-31-21)13-17-10-22(33-26-17)19-11-18(29-3)6-8-20(19)30-4/h5-11,15H,12-14H2,1-4H3,(H,25,28). The monoisotopic (exact) mass is 453 g/mol. The van der Waals surface area contributed by atoms with Gasteiger partial charge in [-0.2, -0.15) is 0 Å². The van der Waals surface area contributed by atoms with Gasteiger partial charge in [0.15, 0.2) is 17.3 Å². The summed E-state index contributed by atoms with van der Waals surface area (Å²) in [6.45, 7) is 4.65. The molecule has 33 heavy (non-hydrogen) atoms. The van der Waals surface area contributed by atoms with Crippen LogP contribution in [0.5, 0.6) is 23.0 Å². The quantitative estimate of drug-likeness (QED) is 0.546. The molecule has 1 N–H and O–H groups in total. The number of hydrogen-bond acceptors (Lipinski definition) is 7. The molecule has 9 nitrogen and oxygen atoms in total. The highest BCUT2D eigenvalue weighted by Gasteiger charge is 2.21. The SMILES string of the molecule is COc1ccc(OC)c(-c2cc(CN(Cc3ccc4c(c3)OCO4)C(=O)NC(C)C)no2)c1. The third-order valence-electron chi connectivity index (χ3n) is 5.09. The molecule has 0 radical (unpaired) electrons. The van der Waals surface area contributed by atoms with Gasteiger partial charge in [-0.1, -0.05) is 11.2 Å². The fraction of sp³-hybridized carbons (Fsp3) is 0.333. The number of urea groups is 1. The second kappa shape index (κ2) is 9.72. The summed E-state index contributed by atoms with van der Waals surface area (Å²) in [4.78, 5) is 14.6. The number of carbonyl (C=O) groups is 1. The van der Waals surface area contributed by atoms with Crippen LogP contribution in [0.3, 0.4) is 0 Å². The zero-order valence-corrected chi connectivity index (χ0v) is 19.1. The van der Waals surface area contributed by atoms with Crippen molar-refractivity contribution in [2.45, 2.75) is 33.0 Å². The molecule has 0 bridgehead atoms. The molecule has 2 amide bonds. The summed E-state index contributed by atoms with van der Waals surface area (Å²) < 4.78 is 27.2. The van der Waals surface area contributed by atoms with Crippen LogP contribution >= 0.6 is 0 Å². The second-order valence-electron chi connectivity index (χ2n) is 7.90. The van der Waals surface area contributed by atoms with Crippen molar-refractivity contribution in [3.63, 3.8) is 0 Å². The van der Waals surface area contributed by atoms with Crippen LogP contribution in [-0.2, 0) is 13.1 Å². The number of methoxy groups -OCH3 is 2. The van der Waals surface area contributed by atoms with Crippen LogP contribution in [0.25, 0.3) is 11.3 Å². The Bertz CT molecular complexity index is 1130. The van der Waals surface area contributed by atoms with E-state index in [0.717, 1.165) is 5.56 Å².